The molecule has 2 rings (SSSR count). The normalized spacial score (nSPS) is 10.8. The molecule has 2 aromatic rings. The molecule has 1 aromatic heterocycles. The molecular weight excluding hydrogens is 244 g/mol. The van der Waals surface area contributed by atoms with Crippen molar-refractivity contribution < 1.29 is 0 Å². The van der Waals surface area contributed by atoms with Gasteiger partial charge in [-0.25, -0.2) is 0 Å². The lowest BCUT2D eigenvalue weighted by Gasteiger charge is -2.16. The second-order valence-electron chi connectivity index (χ2n) is 5.14. The average molecular weight is 268 g/mol. The fourth-order valence-electron chi connectivity index (χ4n) is 2.71. The van der Waals surface area contributed by atoms with E-state index in [-0.39, 0.29) is 0 Å². The molecule has 106 valence electrons. The van der Waals surface area contributed by atoms with Crippen molar-refractivity contribution in [3.63, 3.8) is 0 Å². The first-order chi connectivity index (χ1) is 9.73. The Hall–Kier alpha value is -1.67. The van der Waals surface area contributed by atoms with Crippen LogP contribution >= 0.6 is 0 Å². The number of aromatic nitrogens is 1. The van der Waals surface area contributed by atoms with Gasteiger partial charge >= 0.3 is 0 Å². The second kappa shape index (κ2) is 6.67. The maximum absolute atomic E-state index is 5.74. The topological polar surface area (TPSA) is 38.9 Å². The molecule has 0 unspecified atom stereocenters. The third-order valence-corrected chi connectivity index (χ3v) is 3.85. The van der Waals surface area contributed by atoms with Crippen LogP contribution in [0, 0.1) is 0 Å². The molecule has 0 amide bonds. The fraction of sp³-hybridized carbons (Fsp3) is 0.389. The van der Waals surface area contributed by atoms with Crippen LogP contribution in [0.25, 0.3) is 11.1 Å². The van der Waals surface area contributed by atoms with E-state index in [4.69, 9.17) is 5.73 Å². The van der Waals surface area contributed by atoms with Crippen molar-refractivity contribution in [1.82, 2.24) is 4.98 Å². The number of aryl methyl sites for hydroxylation is 3. The van der Waals surface area contributed by atoms with Gasteiger partial charge in [0.15, 0.2) is 0 Å². The highest BCUT2D eigenvalue weighted by Gasteiger charge is 2.11. The Morgan fingerprint density at radius 2 is 1.50 bits per heavy atom. The van der Waals surface area contributed by atoms with Crippen molar-refractivity contribution in [1.29, 1.82) is 0 Å². The maximum Gasteiger partial charge on any atom is 0.0346 e. The van der Waals surface area contributed by atoms with Gasteiger partial charge in [0.25, 0.3) is 0 Å². The van der Waals surface area contributed by atoms with Crippen molar-refractivity contribution in [2.24, 2.45) is 5.73 Å². The van der Waals surface area contributed by atoms with Crippen LogP contribution in [0.2, 0.25) is 0 Å². The Balaban J connectivity index is 2.64. The summed E-state index contributed by atoms with van der Waals surface area (Å²) in [5.41, 5.74) is 13.6. The molecule has 2 N–H and O–H groups in total. The molecule has 0 saturated carbocycles. The van der Waals surface area contributed by atoms with E-state index < -0.39 is 0 Å². The standard InChI is InChI=1S/C18H24N2/c1-4-13-7-15(5-2)18(16(6-3)8-13)17-9-14(10-19)11-20-12-17/h7-9,11-12H,4-6,10,19H2,1-3H3. The molecule has 1 aromatic carbocycles. The lowest BCUT2D eigenvalue weighted by atomic mass is 9.89. The van der Waals surface area contributed by atoms with E-state index >= 15 is 0 Å². The predicted molar refractivity (Wildman–Crippen MR) is 85.7 cm³/mol. The van der Waals surface area contributed by atoms with Crippen molar-refractivity contribution >= 4 is 0 Å². The highest BCUT2D eigenvalue weighted by molar-refractivity contribution is 5.71. The third kappa shape index (κ3) is 2.91. The van der Waals surface area contributed by atoms with E-state index in [0.29, 0.717) is 6.54 Å². The summed E-state index contributed by atoms with van der Waals surface area (Å²) >= 11 is 0. The number of nitrogens with zero attached hydrogens (tertiary/aromatic N) is 1. The van der Waals surface area contributed by atoms with Gasteiger partial charge in [-0.1, -0.05) is 32.9 Å². The Labute approximate surface area is 122 Å². The van der Waals surface area contributed by atoms with Gasteiger partial charge in [0.1, 0.15) is 0 Å². The number of nitrogens with two attached hydrogens (primary N) is 1. The van der Waals surface area contributed by atoms with E-state index in [1.54, 1.807) is 0 Å². The van der Waals surface area contributed by atoms with Gasteiger partial charge in [-0.3, -0.25) is 4.98 Å². The zero-order chi connectivity index (χ0) is 14.5. The SMILES string of the molecule is CCc1cc(CC)c(-c2cncc(CN)c2)c(CC)c1. The molecule has 20 heavy (non-hydrogen) atoms. The van der Waals surface area contributed by atoms with Crippen LogP contribution < -0.4 is 5.73 Å². The quantitative estimate of drug-likeness (QED) is 0.893. The first kappa shape index (κ1) is 14.7. The summed E-state index contributed by atoms with van der Waals surface area (Å²) < 4.78 is 0. The van der Waals surface area contributed by atoms with Gasteiger partial charge < -0.3 is 5.73 Å². The molecule has 2 nitrogen and oxygen atoms in total. The summed E-state index contributed by atoms with van der Waals surface area (Å²) in [6, 6.07) is 6.85. The Morgan fingerprint density at radius 1 is 0.850 bits per heavy atom. The first-order valence-electron chi connectivity index (χ1n) is 7.52. The zero-order valence-electron chi connectivity index (χ0n) is 12.7. The van der Waals surface area contributed by atoms with E-state index in [2.05, 4.69) is 44.0 Å². The Morgan fingerprint density at radius 3 is 2.00 bits per heavy atom. The van der Waals surface area contributed by atoms with Crippen LogP contribution in [0.5, 0.6) is 0 Å². The van der Waals surface area contributed by atoms with Crippen LogP contribution in [0.4, 0.5) is 0 Å². The molecule has 0 radical (unpaired) electrons. The van der Waals surface area contributed by atoms with E-state index in [9.17, 15) is 0 Å². The fourth-order valence-corrected chi connectivity index (χ4v) is 2.71. The predicted octanol–water partition coefficient (Wildman–Crippen LogP) is 3.89. The molecule has 0 aliphatic heterocycles. The zero-order valence-corrected chi connectivity index (χ0v) is 12.7. The summed E-state index contributed by atoms with van der Waals surface area (Å²) in [6.45, 7) is 7.19. The number of hydrogen-bond donors (Lipinski definition) is 1. The average Bonchev–Trinajstić information content (AvgIpc) is 2.53. The minimum Gasteiger partial charge on any atom is -0.326 e. The number of pyridine rings is 1. The molecule has 0 aliphatic rings. The largest absolute Gasteiger partial charge is 0.326 e. The molecule has 0 bridgehead atoms. The summed E-state index contributed by atoms with van der Waals surface area (Å²) in [5.74, 6) is 0. The highest BCUT2D eigenvalue weighted by atomic mass is 14.6. The number of benzene rings is 1. The Bertz CT molecular complexity index is 563. The molecule has 0 saturated heterocycles. The third-order valence-electron chi connectivity index (χ3n) is 3.85. The second-order valence-corrected chi connectivity index (χ2v) is 5.14. The smallest absolute Gasteiger partial charge is 0.0346 e. The van der Waals surface area contributed by atoms with Crippen LogP contribution in [0.3, 0.4) is 0 Å². The van der Waals surface area contributed by atoms with Gasteiger partial charge in [-0.2, -0.15) is 0 Å². The minimum absolute atomic E-state index is 0.538. The summed E-state index contributed by atoms with van der Waals surface area (Å²) in [7, 11) is 0. The monoisotopic (exact) mass is 268 g/mol. The molecule has 0 spiro atoms. The number of hydrogen-bond acceptors (Lipinski definition) is 2. The van der Waals surface area contributed by atoms with Crippen LogP contribution in [0.1, 0.15) is 43.0 Å². The van der Waals surface area contributed by atoms with Crippen molar-refractivity contribution in [3.8, 4) is 11.1 Å². The Kier molecular flexibility index (Phi) is 4.91. The summed E-state index contributed by atoms with van der Waals surface area (Å²) in [4.78, 5) is 4.35. The van der Waals surface area contributed by atoms with E-state index in [1.165, 1.54) is 27.8 Å². The van der Waals surface area contributed by atoms with Gasteiger partial charge in [0, 0.05) is 24.5 Å². The lowest BCUT2D eigenvalue weighted by molar-refractivity contribution is 1.03. The highest BCUT2D eigenvalue weighted by Crippen LogP contribution is 2.30. The molecular formula is C18H24N2. The summed E-state index contributed by atoms with van der Waals surface area (Å²) in [5, 5.41) is 0. The van der Waals surface area contributed by atoms with Crippen LogP contribution in [-0.2, 0) is 25.8 Å². The van der Waals surface area contributed by atoms with Crippen LogP contribution in [0.15, 0.2) is 30.6 Å². The first-order valence-corrected chi connectivity index (χ1v) is 7.52. The van der Waals surface area contributed by atoms with E-state index in [0.717, 1.165) is 24.8 Å². The molecule has 0 atom stereocenters. The molecule has 2 heteroatoms. The van der Waals surface area contributed by atoms with Gasteiger partial charge in [-0.05, 0) is 53.1 Å². The number of rotatable bonds is 5. The maximum atomic E-state index is 5.74. The van der Waals surface area contributed by atoms with Gasteiger partial charge in [-0.15, -0.1) is 0 Å². The molecule has 0 aliphatic carbocycles. The van der Waals surface area contributed by atoms with E-state index in [1.807, 2.05) is 12.4 Å². The van der Waals surface area contributed by atoms with Crippen molar-refractivity contribution in [2.45, 2.75) is 46.6 Å². The molecule has 0 fully saturated rings. The van der Waals surface area contributed by atoms with Gasteiger partial charge in [0.05, 0.1) is 0 Å². The van der Waals surface area contributed by atoms with Gasteiger partial charge in [0.2, 0.25) is 0 Å². The molecule has 1 heterocycles. The minimum atomic E-state index is 0.538. The summed E-state index contributed by atoms with van der Waals surface area (Å²) in [6.07, 6.45) is 6.98. The van der Waals surface area contributed by atoms with Crippen LogP contribution in [-0.4, -0.2) is 4.98 Å². The van der Waals surface area contributed by atoms with Crippen molar-refractivity contribution in [2.75, 3.05) is 0 Å². The lowest BCUT2D eigenvalue weighted by Crippen LogP contribution is -2.01. The van der Waals surface area contributed by atoms with Crippen molar-refractivity contribution in [3.05, 3.63) is 52.8 Å².